The summed E-state index contributed by atoms with van der Waals surface area (Å²) in [7, 11) is 0. The number of ether oxygens (including phenoxy) is 1. The predicted octanol–water partition coefficient (Wildman–Crippen LogP) is 2.32. The molecule has 0 spiro atoms. The molecule has 0 fully saturated rings. The van der Waals surface area contributed by atoms with Crippen LogP contribution >= 0.6 is 0 Å². The van der Waals surface area contributed by atoms with Crippen molar-refractivity contribution in [3.05, 3.63) is 0 Å². The normalized spacial score (nSPS) is 13.2. The first-order chi connectivity index (χ1) is 6.66. The highest BCUT2D eigenvalue weighted by atomic mass is 16.5. The van der Waals surface area contributed by atoms with Gasteiger partial charge in [0.1, 0.15) is 0 Å². The maximum Gasteiger partial charge on any atom is 0.0836 e. The van der Waals surface area contributed by atoms with Crippen LogP contribution in [-0.2, 0) is 4.74 Å². The average Bonchev–Trinajstić information content (AvgIpc) is 2.22. The molecule has 0 aliphatic heterocycles. The van der Waals surface area contributed by atoms with E-state index in [9.17, 15) is 0 Å². The van der Waals surface area contributed by atoms with Crippen LogP contribution in [0.25, 0.3) is 0 Å². The van der Waals surface area contributed by atoms with Gasteiger partial charge in [0, 0.05) is 19.1 Å². The minimum Gasteiger partial charge on any atom is -0.374 e. The van der Waals surface area contributed by atoms with E-state index in [1.54, 1.807) is 0 Å². The summed E-state index contributed by atoms with van der Waals surface area (Å²) in [6.45, 7) is 8.82. The van der Waals surface area contributed by atoms with Crippen molar-refractivity contribution in [1.82, 2.24) is 0 Å². The molecule has 1 unspecified atom stereocenters. The first kappa shape index (κ1) is 13.5. The van der Waals surface area contributed by atoms with Crippen LogP contribution in [0.1, 0.15) is 47.0 Å². The van der Waals surface area contributed by atoms with Gasteiger partial charge in [0.15, 0.2) is 0 Å². The van der Waals surface area contributed by atoms with Gasteiger partial charge in [-0.2, -0.15) is 0 Å². The second-order valence-corrected chi connectivity index (χ2v) is 3.44. The molecule has 0 bridgehead atoms. The molecule has 0 aromatic carbocycles. The molecular formula is C12H23NO. The summed E-state index contributed by atoms with van der Waals surface area (Å²) in [5.41, 5.74) is 5.94. The smallest absolute Gasteiger partial charge is 0.0836 e. The van der Waals surface area contributed by atoms with Gasteiger partial charge in [-0.1, -0.05) is 13.8 Å². The first-order valence-electron chi connectivity index (χ1n) is 5.46. The van der Waals surface area contributed by atoms with Gasteiger partial charge in [-0.3, -0.25) is 0 Å². The summed E-state index contributed by atoms with van der Waals surface area (Å²) in [6.07, 6.45) is 2.62. The Bertz CT molecular complexity index is 198. The molecule has 2 nitrogen and oxygen atoms in total. The van der Waals surface area contributed by atoms with Crippen LogP contribution in [0.3, 0.4) is 0 Å². The van der Waals surface area contributed by atoms with Gasteiger partial charge in [0.25, 0.3) is 0 Å². The minimum atomic E-state index is -0.182. The van der Waals surface area contributed by atoms with Crippen LogP contribution in [0.2, 0.25) is 0 Å². The number of hydrogen-bond donors (Lipinski definition) is 1. The Kier molecular flexibility index (Phi) is 6.61. The Balaban J connectivity index is 4.48. The van der Waals surface area contributed by atoms with Gasteiger partial charge >= 0.3 is 0 Å². The third kappa shape index (κ3) is 3.32. The third-order valence-electron chi connectivity index (χ3n) is 2.80. The van der Waals surface area contributed by atoms with Gasteiger partial charge in [0.2, 0.25) is 0 Å². The number of nitrogens with two attached hydrogens (primary N) is 1. The first-order valence-corrected chi connectivity index (χ1v) is 5.46. The van der Waals surface area contributed by atoms with Crippen molar-refractivity contribution in [2.24, 2.45) is 5.73 Å². The quantitative estimate of drug-likeness (QED) is 0.663. The largest absolute Gasteiger partial charge is 0.374 e. The molecule has 1 atom stereocenters. The van der Waals surface area contributed by atoms with E-state index >= 15 is 0 Å². The maximum atomic E-state index is 6.12. The van der Waals surface area contributed by atoms with Crippen molar-refractivity contribution < 1.29 is 4.74 Å². The van der Waals surface area contributed by atoms with E-state index in [-0.39, 0.29) is 11.6 Å². The molecule has 0 rings (SSSR count). The Morgan fingerprint density at radius 3 is 2.21 bits per heavy atom. The second-order valence-electron chi connectivity index (χ2n) is 3.44. The highest BCUT2D eigenvalue weighted by Crippen LogP contribution is 2.25. The molecule has 0 aliphatic carbocycles. The Morgan fingerprint density at radius 2 is 1.86 bits per heavy atom. The SMILES string of the molecule is CC#CCC(N)C(CC)(CC)OCC. The lowest BCUT2D eigenvalue weighted by Crippen LogP contribution is -2.49. The summed E-state index contributed by atoms with van der Waals surface area (Å²) in [6, 6.07) is 0.0184. The maximum absolute atomic E-state index is 6.12. The van der Waals surface area contributed by atoms with Crippen molar-refractivity contribution >= 4 is 0 Å². The highest BCUT2D eigenvalue weighted by Gasteiger charge is 2.33. The molecule has 0 radical (unpaired) electrons. The van der Waals surface area contributed by atoms with E-state index < -0.39 is 0 Å². The Hall–Kier alpha value is -0.520. The molecule has 0 saturated carbocycles. The fraction of sp³-hybridized carbons (Fsp3) is 0.833. The van der Waals surface area contributed by atoms with Gasteiger partial charge < -0.3 is 10.5 Å². The van der Waals surface area contributed by atoms with E-state index in [1.165, 1.54) is 0 Å². The lowest BCUT2D eigenvalue weighted by molar-refractivity contribution is -0.0624. The van der Waals surface area contributed by atoms with Crippen LogP contribution in [0.15, 0.2) is 0 Å². The molecule has 0 amide bonds. The van der Waals surface area contributed by atoms with Gasteiger partial charge in [-0.15, -0.1) is 11.8 Å². The van der Waals surface area contributed by atoms with Gasteiger partial charge in [-0.05, 0) is 26.7 Å². The summed E-state index contributed by atoms with van der Waals surface area (Å²) >= 11 is 0. The zero-order valence-corrected chi connectivity index (χ0v) is 9.89. The number of hydrogen-bond acceptors (Lipinski definition) is 2. The second kappa shape index (κ2) is 6.86. The zero-order valence-electron chi connectivity index (χ0n) is 9.89. The van der Waals surface area contributed by atoms with Crippen LogP contribution in [0.5, 0.6) is 0 Å². The molecule has 0 aliphatic rings. The zero-order chi connectivity index (χ0) is 11.0. The molecule has 0 saturated heterocycles. The molecule has 82 valence electrons. The van der Waals surface area contributed by atoms with Gasteiger partial charge in [0.05, 0.1) is 5.60 Å². The molecule has 14 heavy (non-hydrogen) atoms. The number of rotatable bonds is 6. The standard InChI is InChI=1S/C12H23NO/c1-5-9-10-11(13)12(6-2,7-3)14-8-4/h11H,6-8,10,13H2,1-4H3. The monoisotopic (exact) mass is 197 g/mol. The van der Waals surface area contributed by atoms with Gasteiger partial charge in [-0.25, -0.2) is 0 Å². The van der Waals surface area contributed by atoms with Crippen molar-refractivity contribution in [3.63, 3.8) is 0 Å². The molecule has 2 heteroatoms. The Labute approximate surface area is 88.2 Å². The van der Waals surface area contributed by atoms with E-state index in [2.05, 4.69) is 25.7 Å². The van der Waals surface area contributed by atoms with E-state index in [0.717, 1.165) is 25.9 Å². The van der Waals surface area contributed by atoms with Crippen LogP contribution in [-0.4, -0.2) is 18.2 Å². The molecular weight excluding hydrogens is 174 g/mol. The van der Waals surface area contributed by atoms with E-state index in [4.69, 9.17) is 10.5 Å². The van der Waals surface area contributed by atoms with E-state index in [1.807, 2.05) is 13.8 Å². The molecule has 0 aromatic rings. The van der Waals surface area contributed by atoms with Crippen LogP contribution < -0.4 is 5.73 Å². The van der Waals surface area contributed by atoms with Crippen molar-refractivity contribution in [2.75, 3.05) is 6.61 Å². The fourth-order valence-corrected chi connectivity index (χ4v) is 1.77. The summed E-state index contributed by atoms with van der Waals surface area (Å²) in [4.78, 5) is 0. The summed E-state index contributed by atoms with van der Waals surface area (Å²) in [5, 5.41) is 0. The minimum absolute atomic E-state index is 0.0184. The predicted molar refractivity (Wildman–Crippen MR) is 61.0 cm³/mol. The van der Waals surface area contributed by atoms with E-state index in [0.29, 0.717) is 0 Å². The van der Waals surface area contributed by atoms with Crippen LogP contribution in [0.4, 0.5) is 0 Å². The summed E-state index contributed by atoms with van der Waals surface area (Å²) < 4.78 is 5.79. The molecule has 2 N–H and O–H groups in total. The van der Waals surface area contributed by atoms with Crippen LogP contribution in [0, 0.1) is 11.8 Å². The molecule has 0 heterocycles. The molecule has 0 aromatic heterocycles. The topological polar surface area (TPSA) is 35.2 Å². The lowest BCUT2D eigenvalue weighted by atomic mass is 9.87. The third-order valence-corrected chi connectivity index (χ3v) is 2.80. The lowest BCUT2D eigenvalue weighted by Gasteiger charge is -2.36. The van der Waals surface area contributed by atoms with Crippen molar-refractivity contribution in [3.8, 4) is 11.8 Å². The fourth-order valence-electron chi connectivity index (χ4n) is 1.77. The van der Waals surface area contributed by atoms with Crippen molar-refractivity contribution in [2.45, 2.75) is 58.6 Å². The van der Waals surface area contributed by atoms with Crippen molar-refractivity contribution in [1.29, 1.82) is 0 Å². The summed E-state index contributed by atoms with van der Waals surface area (Å²) in [5.74, 6) is 5.90. The highest BCUT2D eigenvalue weighted by molar-refractivity contribution is 5.02. The Morgan fingerprint density at radius 1 is 1.29 bits per heavy atom. The average molecular weight is 197 g/mol.